The summed E-state index contributed by atoms with van der Waals surface area (Å²) >= 11 is 0. The number of anilines is 1. The molecule has 1 heterocycles. The average Bonchev–Trinajstić information content (AvgIpc) is 2.35. The lowest BCUT2D eigenvalue weighted by molar-refractivity contribution is 0.516. The summed E-state index contributed by atoms with van der Waals surface area (Å²) in [5, 5.41) is 8.90. The topological polar surface area (TPSA) is 53.0 Å². The third kappa shape index (κ3) is 2.42. The molecule has 1 aliphatic heterocycles. The van der Waals surface area contributed by atoms with Crippen molar-refractivity contribution in [2.45, 2.75) is 38.3 Å². The Bertz CT molecular complexity index is 422. The van der Waals surface area contributed by atoms with Crippen LogP contribution in [0.1, 0.15) is 25.3 Å². The van der Waals surface area contributed by atoms with E-state index in [9.17, 15) is 0 Å². The summed E-state index contributed by atoms with van der Waals surface area (Å²) in [6, 6.07) is 11.1. The van der Waals surface area contributed by atoms with E-state index in [2.05, 4.69) is 42.2 Å². The molecule has 3 heteroatoms. The van der Waals surface area contributed by atoms with Crippen LogP contribution in [0.25, 0.3) is 0 Å². The number of benzene rings is 1. The summed E-state index contributed by atoms with van der Waals surface area (Å²) in [5.41, 5.74) is 8.67. The summed E-state index contributed by atoms with van der Waals surface area (Å²) in [4.78, 5) is 2.31. The van der Waals surface area contributed by atoms with E-state index in [1.165, 1.54) is 11.3 Å². The minimum Gasteiger partial charge on any atom is -0.366 e. The molecule has 0 saturated carbocycles. The molecule has 3 nitrogen and oxygen atoms in total. The zero-order valence-corrected chi connectivity index (χ0v) is 10.3. The van der Waals surface area contributed by atoms with Crippen molar-refractivity contribution < 1.29 is 0 Å². The van der Waals surface area contributed by atoms with Crippen LogP contribution in [-0.4, -0.2) is 18.6 Å². The molecule has 0 fully saturated rings. The molecule has 90 valence electrons. The van der Waals surface area contributed by atoms with Gasteiger partial charge in [-0.05, 0) is 24.5 Å². The molecular weight excluding hydrogens is 210 g/mol. The Morgan fingerprint density at radius 2 is 2.29 bits per heavy atom. The summed E-state index contributed by atoms with van der Waals surface area (Å²) in [5.74, 6) is 0. The van der Waals surface area contributed by atoms with Gasteiger partial charge < -0.3 is 10.6 Å². The second kappa shape index (κ2) is 5.20. The number of nitriles is 1. The van der Waals surface area contributed by atoms with E-state index in [0.717, 1.165) is 19.4 Å². The fraction of sp³-hybridized carbons (Fsp3) is 0.500. The van der Waals surface area contributed by atoms with Gasteiger partial charge in [-0.3, -0.25) is 0 Å². The van der Waals surface area contributed by atoms with Crippen LogP contribution in [0.15, 0.2) is 24.3 Å². The van der Waals surface area contributed by atoms with Gasteiger partial charge in [-0.15, -0.1) is 0 Å². The van der Waals surface area contributed by atoms with Gasteiger partial charge in [0.1, 0.15) is 0 Å². The van der Waals surface area contributed by atoms with Crippen molar-refractivity contribution in [3.05, 3.63) is 29.8 Å². The normalized spacial score (nSPS) is 20.5. The molecular formula is C14H19N3. The van der Waals surface area contributed by atoms with Gasteiger partial charge >= 0.3 is 0 Å². The quantitative estimate of drug-likeness (QED) is 0.863. The first kappa shape index (κ1) is 11.9. The Morgan fingerprint density at radius 1 is 1.53 bits per heavy atom. The predicted molar refractivity (Wildman–Crippen MR) is 69.8 cm³/mol. The zero-order valence-electron chi connectivity index (χ0n) is 10.3. The maximum absolute atomic E-state index is 8.90. The second-order valence-electron chi connectivity index (χ2n) is 4.67. The SMILES string of the molecule is CCC(CC#N)N1CC(N)Cc2ccccc21. The molecule has 2 unspecified atom stereocenters. The maximum Gasteiger partial charge on any atom is 0.0643 e. The lowest BCUT2D eigenvalue weighted by Gasteiger charge is -2.39. The van der Waals surface area contributed by atoms with Gasteiger partial charge in [0.25, 0.3) is 0 Å². The van der Waals surface area contributed by atoms with Crippen LogP contribution in [0, 0.1) is 11.3 Å². The molecule has 2 atom stereocenters. The fourth-order valence-electron chi connectivity index (χ4n) is 2.59. The molecule has 0 saturated heterocycles. The smallest absolute Gasteiger partial charge is 0.0643 e. The second-order valence-corrected chi connectivity index (χ2v) is 4.67. The first-order valence-electron chi connectivity index (χ1n) is 6.23. The summed E-state index contributed by atoms with van der Waals surface area (Å²) < 4.78 is 0. The molecule has 1 aromatic rings. The van der Waals surface area contributed by atoms with Crippen molar-refractivity contribution in [3.8, 4) is 6.07 Å². The molecule has 0 bridgehead atoms. The Hall–Kier alpha value is -1.53. The Balaban J connectivity index is 2.32. The molecule has 0 amide bonds. The summed E-state index contributed by atoms with van der Waals surface area (Å²) in [7, 11) is 0. The Labute approximate surface area is 103 Å². The van der Waals surface area contributed by atoms with E-state index in [4.69, 9.17) is 11.0 Å². The first-order chi connectivity index (χ1) is 8.26. The van der Waals surface area contributed by atoms with Gasteiger partial charge in [-0.2, -0.15) is 5.26 Å². The number of nitrogens with two attached hydrogens (primary N) is 1. The van der Waals surface area contributed by atoms with Crippen LogP contribution in [0.5, 0.6) is 0 Å². The summed E-state index contributed by atoms with van der Waals surface area (Å²) in [6.45, 7) is 2.99. The van der Waals surface area contributed by atoms with Crippen molar-refractivity contribution in [2.24, 2.45) is 5.73 Å². The van der Waals surface area contributed by atoms with E-state index in [-0.39, 0.29) is 12.1 Å². The predicted octanol–water partition coefficient (Wildman–Crippen LogP) is 2.07. The molecule has 0 radical (unpaired) electrons. The van der Waals surface area contributed by atoms with Crippen molar-refractivity contribution in [3.63, 3.8) is 0 Å². The third-order valence-electron chi connectivity index (χ3n) is 3.45. The minimum atomic E-state index is 0.178. The molecule has 1 aromatic carbocycles. The van der Waals surface area contributed by atoms with E-state index in [0.29, 0.717) is 6.42 Å². The van der Waals surface area contributed by atoms with Gasteiger partial charge in [0.15, 0.2) is 0 Å². The highest BCUT2D eigenvalue weighted by atomic mass is 15.2. The monoisotopic (exact) mass is 229 g/mol. The van der Waals surface area contributed by atoms with Crippen LogP contribution in [0.3, 0.4) is 0 Å². The van der Waals surface area contributed by atoms with E-state index in [1.807, 2.05) is 0 Å². The largest absolute Gasteiger partial charge is 0.366 e. The lowest BCUT2D eigenvalue weighted by Crippen LogP contribution is -2.48. The molecule has 2 N–H and O–H groups in total. The van der Waals surface area contributed by atoms with Crippen LogP contribution in [0.4, 0.5) is 5.69 Å². The number of fused-ring (bicyclic) bond motifs is 1. The van der Waals surface area contributed by atoms with Crippen molar-refractivity contribution in [1.29, 1.82) is 5.26 Å². The van der Waals surface area contributed by atoms with Crippen molar-refractivity contribution in [1.82, 2.24) is 0 Å². The third-order valence-corrected chi connectivity index (χ3v) is 3.45. The van der Waals surface area contributed by atoms with Crippen LogP contribution < -0.4 is 10.6 Å². The number of para-hydroxylation sites is 1. The number of hydrogen-bond acceptors (Lipinski definition) is 3. The molecule has 0 aliphatic carbocycles. The Morgan fingerprint density at radius 3 is 3.00 bits per heavy atom. The molecule has 2 rings (SSSR count). The van der Waals surface area contributed by atoms with Gasteiger partial charge in [0.2, 0.25) is 0 Å². The van der Waals surface area contributed by atoms with Crippen molar-refractivity contribution >= 4 is 5.69 Å². The number of hydrogen-bond donors (Lipinski definition) is 1. The van der Waals surface area contributed by atoms with Gasteiger partial charge in [0.05, 0.1) is 12.5 Å². The first-order valence-corrected chi connectivity index (χ1v) is 6.23. The number of nitrogens with zero attached hydrogens (tertiary/aromatic N) is 2. The van der Waals surface area contributed by atoms with Crippen LogP contribution in [0.2, 0.25) is 0 Å². The maximum atomic E-state index is 8.90. The van der Waals surface area contributed by atoms with Gasteiger partial charge in [-0.1, -0.05) is 25.1 Å². The average molecular weight is 229 g/mol. The van der Waals surface area contributed by atoms with Crippen LogP contribution in [-0.2, 0) is 6.42 Å². The van der Waals surface area contributed by atoms with Crippen molar-refractivity contribution in [2.75, 3.05) is 11.4 Å². The fourth-order valence-corrected chi connectivity index (χ4v) is 2.59. The van der Waals surface area contributed by atoms with Crippen LogP contribution >= 0.6 is 0 Å². The van der Waals surface area contributed by atoms with Gasteiger partial charge in [-0.25, -0.2) is 0 Å². The zero-order chi connectivity index (χ0) is 12.3. The lowest BCUT2D eigenvalue weighted by atomic mass is 9.95. The highest BCUT2D eigenvalue weighted by Gasteiger charge is 2.26. The van der Waals surface area contributed by atoms with E-state index >= 15 is 0 Å². The molecule has 1 aliphatic rings. The molecule has 0 aromatic heterocycles. The molecule has 17 heavy (non-hydrogen) atoms. The molecule has 0 spiro atoms. The summed E-state index contributed by atoms with van der Waals surface area (Å²) in [6.07, 6.45) is 2.49. The highest BCUT2D eigenvalue weighted by molar-refractivity contribution is 5.57. The van der Waals surface area contributed by atoms with E-state index in [1.54, 1.807) is 0 Å². The standard InChI is InChI=1S/C14H19N3/c1-2-13(7-8-15)17-10-12(16)9-11-5-3-4-6-14(11)17/h3-6,12-13H,2,7,9-10,16H2,1H3. The highest BCUT2D eigenvalue weighted by Crippen LogP contribution is 2.29. The minimum absolute atomic E-state index is 0.178. The van der Waals surface area contributed by atoms with Gasteiger partial charge in [0, 0.05) is 24.3 Å². The Kier molecular flexibility index (Phi) is 3.65. The number of rotatable bonds is 3. The van der Waals surface area contributed by atoms with E-state index < -0.39 is 0 Å².